The summed E-state index contributed by atoms with van der Waals surface area (Å²) in [6, 6.07) is 3.95. The molecular formula is C15H21FN2O3. The molecule has 0 spiro atoms. The molecule has 2 N–H and O–H groups in total. The number of likely N-dealkylation sites (N-methyl/N-ethyl adjacent to an activating group) is 1. The van der Waals surface area contributed by atoms with Gasteiger partial charge in [0.25, 0.3) is 0 Å². The van der Waals surface area contributed by atoms with E-state index in [1.165, 1.54) is 12.1 Å². The van der Waals surface area contributed by atoms with E-state index in [1.54, 1.807) is 24.8 Å². The molecule has 21 heavy (non-hydrogen) atoms. The molecular weight excluding hydrogens is 275 g/mol. The molecule has 0 aliphatic rings. The lowest BCUT2D eigenvalue weighted by atomic mass is 10.2. The number of hydrogen-bond acceptors (Lipinski definition) is 3. The lowest BCUT2D eigenvalue weighted by molar-refractivity contribution is -0.138. The summed E-state index contributed by atoms with van der Waals surface area (Å²) in [7, 11) is 0. The number of carbonyl (C=O) groups is 2. The van der Waals surface area contributed by atoms with Gasteiger partial charge >= 0.3 is 5.97 Å². The number of carboxylic acids is 1. The quantitative estimate of drug-likeness (QED) is 0.809. The van der Waals surface area contributed by atoms with Crippen LogP contribution >= 0.6 is 0 Å². The molecule has 0 aromatic heterocycles. The maximum absolute atomic E-state index is 13.2. The summed E-state index contributed by atoms with van der Waals surface area (Å²) in [4.78, 5) is 24.5. The van der Waals surface area contributed by atoms with E-state index in [1.807, 2.05) is 6.92 Å². The Morgan fingerprint density at radius 1 is 1.43 bits per heavy atom. The molecule has 1 aromatic rings. The second-order valence-electron chi connectivity index (χ2n) is 5.02. The molecule has 0 fully saturated rings. The average molecular weight is 296 g/mol. The van der Waals surface area contributed by atoms with Crippen LogP contribution < -0.4 is 5.32 Å². The first-order chi connectivity index (χ1) is 9.83. The minimum atomic E-state index is -0.901. The highest BCUT2D eigenvalue weighted by molar-refractivity contribution is 5.93. The second kappa shape index (κ2) is 7.73. The van der Waals surface area contributed by atoms with Crippen molar-refractivity contribution in [2.45, 2.75) is 33.2 Å². The molecule has 5 nitrogen and oxygen atoms in total. The fraction of sp³-hybridized carbons (Fsp3) is 0.467. The van der Waals surface area contributed by atoms with Crippen LogP contribution in [0.3, 0.4) is 0 Å². The number of carboxylic acid groups (broad SMARTS) is 1. The van der Waals surface area contributed by atoms with Gasteiger partial charge in [0, 0.05) is 11.7 Å². The molecule has 6 heteroatoms. The number of benzene rings is 1. The van der Waals surface area contributed by atoms with Gasteiger partial charge in [0.05, 0.1) is 13.0 Å². The van der Waals surface area contributed by atoms with Crippen molar-refractivity contribution < 1.29 is 19.1 Å². The van der Waals surface area contributed by atoms with Crippen molar-refractivity contribution >= 4 is 17.6 Å². The Hall–Kier alpha value is -1.95. The topological polar surface area (TPSA) is 69.6 Å². The van der Waals surface area contributed by atoms with Gasteiger partial charge in [0.1, 0.15) is 5.82 Å². The molecule has 0 saturated heterocycles. The van der Waals surface area contributed by atoms with Crippen molar-refractivity contribution in [3.63, 3.8) is 0 Å². The van der Waals surface area contributed by atoms with E-state index in [-0.39, 0.29) is 24.9 Å². The summed E-state index contributed by atoms with van der Waals surface area (Å²) in [5, 5.41) is 11.5. The molecule has 1 atom stereocenters. The number of nitrogens with one attached hydrogen (secondary N) is 1. The first-order valence-electron chi connectivity index (χ1n) is 6.85. The standard InChI is InChI=1S/C15H21FN2O3/c1-4-18(11(3)7-15(20)21)9-14(19)17-13-8-12(16)6-5-10(13)2/h5-6,8,11H,4,7,9H2,1-3H3,(H,17,19)(H,20,21). The van der Waals surface area contributed by atoms with Gasteiger partial charge in [0.15, 0.2) is 0 Å². The van der Waals surface area contributed by atoms with E-state index in [4.69, 9.17) is 5.11 Å². The van der Waals surface area contributed by atoms with E-state index in [2.05, 4.69) is 5.32 Å². The van der Waals surface area contributed by atoms with Crippen LogP contribution in [0.2, 0.25) is 0 Å². The smallest absolute Gasteiger partial charge is 0.304 e. The van der Waals surface area contributed by atoms with E-state index in [0.717, 1.165) is 5.56 Å². The van der Waals surface area contributed by atoms with Crippen LogP contribution in [0.25, 0.3) is 0 Å². The Bertz CT molecular complexity index is 520. The summed E-state index contributed by atoms with van der Waals surface area (Å²) >= 11 is 0. The lowest BCUT2D eigenvalue weighted by Crippen LogP contribution is -2.40. The van der Waals surface area contributed by atoms with E-state index < -0.39 is 11.8 Å². The molecule has 0 radical (unpaired) electrons. The number of nitrogens with zero attached hydrogens (tertiary/aromatic N) is 1. The van der Waals surface area contributed by atoms with E-state index in [9.17, 15) is 14.0 Å². The highest BCUT2D eigenvalue weighted by Crippen LogP contribution is 2.16. The zero-order valence-corrected chi connectivity index (χ0v) is 12.5. The van der Waals surface area contributed by atoms with Gasteiger partial charge in [-0.2, -0.15) is 0 Å². The molecule has 0 heterocycles. The van der Waals surface area contributed by atoms with Crippen LogP contribution in [-0.2, 0) is 9.59 Å². The summed E-state index contributed by atoms with van der Waals surface area (Å²) in [6.45, 7) is 6.03. The fourth-order valence-electron chi connectivity index (χ4n) is 2.06. The monoisotopic (exact) mass is 296 g/mol. The zero-order valence-electron chi connectivity index (χ0n) is 12.5. The number of hydrogen-bond donors (Lipinski definition) is 2. The van der Waals surface area contributed by atoms with Crippen molar-refractivity contribution in [1.29, 1.82) is 0 Å². The van der Waals surface area contributed by atoms with E-state index >= 15 is 0 Å². The third-order valence-corrected chi connectivity index (χ3v) is 3.32. The number of carbonyl (C=O) groups excluding carboxylic acids is 1. The number of anilines is 1. The van der Waals surface area contributed by atoms with Crippen molar-refractivity contribution in [3.8, 4) is 0 Å². The average Bonchev–Trinajstić information content (AvgIpc) is 2.39. The van der Waals surface area contributed by atoms with Gasteiger partial charge in [-0.25, -0.2) is 4.39 Å². The third-order valence-electron chi connectivity index (χ3n) is 3.32. The Kier molecular flexibility index (Phi) is 6.30. The first kappa shape index (κ1) is 17.1. The summed E-state index contributed by atoms with van der Waals surface area (Å²) in [5.41, 5.74) is 1.20. The molecule has 0 bridgehead atoms. The predicted octanol–water partition coefficient (Wildman–Crippen LogP) is 2.26. The lowest BCUT2D eigenvalue weighted by Gasteiger charge is -2.26. The van der Waals surface area contributed by atoms with Crippen LogP contribution in [0.1, 0.15) is 25.8 Å². The Balaban J connectivity index is 2.66. The molecule has 1 aromatic carbocycles. The highest BCUT2D eigenvalue weighted by Gasteiger charge is 2.18. The molecule has 0 aliphatic heterocycles. The minimum Gasteiger partial charge on any atom is -0.481 e. The van der Waals surface area contributed by atoms with Crippen molar-refractivity contribution in [3.05, 3.63) is 29.6 Å². The van der Waals surface area contributed by atoms with Gasteiger partial charge in [-0.1, -0.05) is 13.0 Å². The molecule has 1 amide bonds. The van der Waals surface area contributed by atoms with Crippen molar-refractivity contribution in [2.24, 2.45) is 0 Å². The minimum absolute atomic E-state index is 0.0277. The van der Waals surface area contributed by atoms with Crippen LogP contribution in [0.15, 0.2) is 18.2 Å². The molecule has 116 valence electrons. The van der Waals surface area contributed by atoms with Gasteiger partial charge in [-0.3, -0.25) is 14.5 Å². The van der Waals surface area contributed by atoms with Crippen molar-refractivity contribution in [2.75, 3.05) is 18.4 Å². The summed E-state index contributed by atoms with van der Waals surface area (Å²) in [6.07, 6.45) is -0.0277. The maximum Gasteiger partial charge on any atom is 0.304 e. The largest absolute Gasteiger partial charge is 0.481 e. The summed E-state index contributed by atoms with van der Waals surface area (Å²) < 4.78 is 13.2. The number of aryl methyl sites for hydroxylation is 1. The SMILES string of the molecule is CCN(CC(=O)Nc1cc(F)ccc1C)C(C)CC(=O)O. The zero-order chi connectivity index (χ0) is 16.0. The van der Waals surface area contributed by atoms with Crippen LogP contribution in [0, 0.1) is 12.7 Å². The normalized spacial score (nSPS) is 12.2. The number of halogens is 1. The fourth-order valence-corrected chi connectivity index (χ4v) is 2.06. The maximum atomic E-state index is 13.2. The Labute approximate surface area is 123 Å². The highest BCUT2D eigenvalue weighted by atomic mass is 19.1. The van der Waals surface area contributed by atoms with Crippen LogP contribution in [0.4, 0.5) is 10.1 Å². The summed E-state index contributed by atoms with van der Waals surface area (Å²) in [5.74, 6) is -1.60. The second-order valence-corrected chi connectivity index (χ2v) is 5.02. The number of rotatable bonds is 7. The predicted molar refractivity (Wildman–Crippen MR) is 78.7 cm³/mol. The van der Waals surface area contributed by atoms with E-state index in [0.29, 0.717) is 12.2 Å². The first-order valence-corrected chi connectivity index (χ1v) is 6.85. The van der Waals surface area contributed by atoms with Gasteiger partial charge in [-0.15, -0.1) is 0 Å². The van der Waals surface area contributed by atoms with Gasteiger partial charge in [-0.05, 0) is 38.1 Å². The number of aliphatic carboxylic acids is 1. The Morgan fingerprint density at radius 2 is 2.10 bits per heavy atom. The number of amides is 1. The molecule has 0 saturated carbocycles. The molecule has 1 unspecified atom stereocenters. The van der Waals surface area contributed by atoms with Gasteiger partial charge in [0.2, 0.25) is 5.91 Å². The van der Waals surface area contributed by atoms with Crippen molar-refractivity contribution in [1.82, 2.24) is 4.90 Å². The van der Waals surface area contributed by atoms with Crippen LogP contribution in [-0.4, -0.2) is 41.0 Å². The van der Waals surface area contributed by atoms with Gasteiger partial charge < -0.3 is 10.4 Å². The third kappa shape index (κ3) is 5.51. The van der Waals surface area contributed by atoms with Crippen LogP contribution in [0.5, 0.6) is 0 Å². The Morgan fingerprint density at radius 3 is 2.67 bits per heavy atom. The molecule has 1 rings (SSSR count). The molecule has 0 aliphatic carbocycles.